The molecule has 0 radical (unpaired) electrons. The molecule has 2 aromatic rings. The van der Waals surface area contributed by atoms with Gasteiger partial charge in [-0.25, -0.2) is 13.1 Å². The molecule has 29 heavy (non-hydrogen) atoms. The molecule has 1 aromatic carbocycles. The first-order valence-corrected chi connectivity index (χ1v) is 10.5. The lowest BCUT2D eigenvalue weighted by Crippen LogP contribution is -2.46. The van der Waals surface area contributed by atoms with Gasteiger partial charge in [0.05, 0.1) is 17.0 Å². The molecule has 2 N–H and O–H groups in total. The van der Waals surface area contributed by atoms with Crippen LogP contribution in [0.15, 0.2) is 29.2 Å². The zero-order valence-electron chi connectivity index (χ0n) is 15.9. The minimum absolute atomic E-state index is 0.126. The van der Waals surface area contributed by atoms with Gasteiger partial charge in [-0.3, -0.25) is 9.89 Å². The van der Waals surface area contributed by atoms with E-state index in [4.69, 9.17) is 0 Å². The molecule has 1 amide bonds. The molecular formula is C18H21F3N4O3S. The number of nitrogens with one attached hydrogen (secondary N) is 2. The highest BCUT2D eigenvalue weighted by Gasteiger charge is 2.32. The summed E-state index contributed by atoms with van der Waals surface area (Å²) in [5, 5.41) is 6.54. The fraction of sp³-hybridized carbons (Fsp3) is 0.444. The molecule has 0 aliphatic carbocycles. The zero-order valence-corrected chi connectivity index (χ0v) is 16.7. The molecule has 1 aromatic heterocycles. The first kappa shape index (κ1) is 21.3. The van der Waals surface area contributed by atoms with E-state index < -0.39 is 21.8 Å². The van der Waals surface area contributed by atoms with Crippen LogP contribution in [0.1, 0.15) is 40.2 Å². The predicted molar refractivity (Wildman–Crippen MR) is 98.8 cm³/mol. The Bertz CT molecular complexity index is 973. The van der Waals surface area contributed by atoms with Crippen molar-refractivity contribution in [1.82, 2.24) is 19.8 Å². The summed E-state index contributed by atoms with van der Waals surface area (Å²) in [6.07, 6.45) is -3.65. The fourth-order valence-corrected chi connectivity index (χ4v) is 5.08. The molecule has 2 heterocycles. The maximum absolute atomic E-state index is 12.6. The van der Waals surface area contributed by atoms with Crippen molar-refractivity contribution >= 4 is 15.9 Å². The Morgan fingerprint density at radius 3 is 2.24 bits per heavy atom. The van der Waals surface area contributed by atoms with Crippen LogP contribution < -0.4 is 4.72 Å². The van der Waals surface area contributed by atoms with Crippen LogP contribution >= 0.6 is 0 Å². The number of aromatic nitrogens is 2. The second-order valence-electron chi connectivity index (χ2n) is 7.03. The number of piperidine rings is 1. The van der Waals surface area contributed by atoms with E-state index in [2.05, 4.69) is 14.9 Å². The lowest BCUT2D eigenvalue weighted by atomic mass is 10.0. The van der Waals surface area contributed by atoms with Crippen LogP contribution in [0.5, 0.6) is 0 Å². The van der Waals surface area contributed by atoms with Crippen molar-refractivity contribution in [2.45, 2.75) is 43.8 Å². The van der Waals surface area contributed by atoms with Gasteiger partial charge in [0.2, 0.25) is 10.0 Å². The fourth-order valence-electron chi connectivity index (χ4n) is 3.40. The van der Waals surface area contributed by atoms with Gasteiger partial charge >= 0.3 is 6.18 Å². The monoisotopic (exact) mass is 430 g/mol. The van der Waals surface area contributed by atoms with Crippen LogP contribution in [0.25, 0.3) is 0 Å². The van der Waals surface area contributed by atoms with Crippen molar-refractivity contribution in [3.05, 3.63) is 46.8 Å². The molecule has 1 saturated heterocycles. The highest BCUT2D eigenvalue weighted by atomic mass is 32.2. The number of rotatable bonds is 4. The van der Waals surface area contributed by atoms with Crippen LogP contribution in [-0.2, 0) is 16.2 Å². The number of benzene rings is 1. The molecule has 158 valence electrons. The van der Waals surface area contributed by atoms with Crippen molar-refractivity contribution in [1.29, 1.82) is 0 Å². The standard InChI is InChI=1S/C18H21F3N4O3S/c1-11-16(12(2)23-22-11)29(27,28)24-15-7-9-25(10-8-15)17(26)13-3-5-14(6-4-13)18(19,20)21/h3-6,15,24H,7-10H2,1-2H3,(H,22,23). The van der Waals surface area contributed by atoms with E-state index >= 15 is 0 Å². The Morgan fingerprint density at radius 2 is 1.76 bits per heavy atom. The smallest absolute Gasteiger partial charge is 0.339 e. The molecule has 7 nitrogen and oxygen atoms in total. The Balaban J connectivity index is 1.61. The number of aromatic amines is 1. The van der Waals surface area contributed by atoms with Gasteiger partial charge in [0.25, 0.3) is 5.91 Å². The third-order valence-electron chi connectivity index (χ3n) is 4.89. The number of hydrogen-bond acceptors (Lipinski definition) is 4. The predicted octanol–water partition coefficient (Wildman–Crippen LogP) is 2.63. The number of halogens is 3. The van der Waals surface area contributed by atoms with Crippen LogP contribution in [0, 0.1) is 13.8 Å². The van der Waals surface area contributed by atoms with Crippen LogP contribution in [0.2, 0.25) is 0 Å². The SMILES string of the molecule is Cc1n[nH]c(C)c1S(=O)(=O)NC1CCN(C(=O)c2ccc(C(F)(F)F)cc2)CC1. The number of hydrogen-bond donors (Lipinski definition) is 2. The molecule has 1 aliphatic rings. The van der Waals surface area contributed by atoms with Crippen LogP contribution in [0.3, 0.4) is 0 Å². The number of H-pyrrole nitrogens is 1. The van der Waals surface area contributed by atoms with E-state index in [0.29, 0.717) is 37.3 Å². The third-order valence-corrected chi connectivity index (χ3v) is 6.68. The Kier molecular flexibility index (Phi) is 5.72. The number of amides is 1. The maximum Gasteiger partial charge on any atom is 0.416 e. The van der Waals surface area contributed by atoms with E-state index in [9.17, 15) is 26.4 Å². The Hall–Kier alpha value is -2.40. The number of alkyl halides is 3. The molecule has 1 aliphatic heterocycles. The van der Waals surface area contributed by atoms with Gasteiger partial charge in [0.15, 0.2) is 0 Å². The first-order chi connectivity index (χ1) is 13.5. The van der Waals surface area contributed by atoms with Crippen molar-refractivity contribution < 1.29 is 26.4 Å². The molecular weight excluding hydrogens is 409 g/mol. The zero-order chi connectivity index (χ0) is 21.4. The van der Waals surface area contributed by atoms with Crippen molar-refractivity contribution in [2.75, 3.05) is 13.1 Å². The van der Waals surface area contributed by atoms with Crippen molar-refractivity contribution in [3.63, 3.8) is 0 Å². The minimum Gasteiger partial charge on any atom is -0.339 e. The number of nitrogens with zero attached hydrogens (tertiary/aromatic N) is 2. The normalized spacial score (nSPS) is 16.2. The van der Waals surface area contributed by atoms with E-state index in [-0.39, 0.29) is 22.4 Å². The summed E-state index contributed by atoms with van der Waals surface area (Å²) in [4.78, 5) is 14.2. The largest absolute Gasteiger partial charge is 0.416 e. The summed E-state index contributed by atoms with van der Waals surface area (Å²) in [6.45, 7) is 3.83. The van der Waals surface area contributed by atoms with E-state index in [1.54, 1.807) is 13.8 Å². The number of aryl methyl sites for hydroxylation is 2. The van der Waals surface area contributed by atoms with Gasteiger partial charge in [-0.05, 0) is 51.0 Å². The van der Waals surface area contributed by atoms with Crippen LogP contribution in [0.4, 0.5) is 13.2 Å². The lowest BCUT2D eigenvalue weighted by Gasteiger charge is -2.32. The van der Waals surface area contributed by atoms with E-state index in [1.165, 1.54) is 4.90 Å². The highest BCUT2D eigenvalue weighted by Crippen LogP contribution is 2.29. The van der Waals surface area contributed by atoms with Crippen molar-refractivity contribution in [3.8, 4) is 0 Å². The second-order valence-corrected chi connectivity index (χ2v) is 8.68. The van der Waals surface area contributed by atoms with Gasteiger partial charge in [0, 0.05) is 24.7 Å². The average molecular weight is 430 g/mol. The number of carbonyl (C=O) groups is 1. The third kappa shape index (κ3) is 4.61. The number of likely N-dealkylation sites (tertiary alicyclic amines) is 1. The number of carbonyl (C=O) groups excluding carboxylic acids is 1. The van der Waals surface area contributed by atoms with Gasteiger partial charge in [-0.2, -0.15) is 18.3 Å². The molecule has 0 spiro atoms. The molecule has 3 rings (SSSR count). The van der Waals surface area contributed by atoms with Gasteiger partial charge in [-0.1, -0.05) is 0 Å². The quantitative estimate of drug-likeness (QED) is 0.780. The number of sulfonamides is 1. The Labute approximate surface area is 166 Å². The summed E-state index contributed by atoms with van der Waals surface area (Å²) >= 11 is 0. The average Bonchev–Trinajstić information content (AvgIpc) is 3.00. The van der Waals surface area contributed by atoms with Crippen LogP contribution in [-0.4, -0.2) is 48.6 Å². The minimum atomic E-state index is -4.46. The summed E-state index contributed by atoms with van der Waals surface area (Å²) in [7, 11) is -3.74. The van der Waals surface area contributed by atoms with E-state index in [0.717, 1.165) is 24.3 Å². The van der Waals surface area contributed by atoms with Crippen molar-refractivity contribution in [2.24, 2.45) is 0 Å². The highest BCUT2D eigenvalue weighted by molar-refractivity contribution is 7.89. The molecule has 11 heteroatoms. The summed E-state index contributed by atoms with van der Waals surface area (Å²) in [6, 6.07) is 3.73. The van der Waals surface area contributed by atoms with Gasteiger partial charge < -0.3 is 4.90 Å². The molecule has 0 unspecified atom stereocenters. The molecule has 0 atom stereocenters. The molecule has 1 fully saturated rings. The topological polar surface area (TPSA) is 95.2 Å². The molecule has 0 saturated carbocycles. The molecule has 0 bridgehead atoms. The van der Waals surface area contributed by atoms with Gasteiger partial charge in [-0.15, -0.1) is 0 Å². The lowest BCUT2D eigenvalue weighted by molar-refractivity contribution is -0.137. The van der Waals surface area contributed by atoms with Gasteiger partial charge in [0.1, 0.15) is 4.90 Å². The summed E-state index contributed by atoms with van der Waals surface area (Å²) < 4.78 is 65.8. The Morgan fingerprint density at radius 1 is 1.17 bits per heavy atom. The second kappa shape index (κ2) is 7.79. The first-order valence-electron chi connectivity index (χ1n) is 8.99. The van der Waals surface area contributed by atoms with E-state index in [1.807, 2.05) is 0 Å². The summed E-state index contributed by atoms with van der Waals surface area (Å²) in [5.74, 6) is -0.374. The maximum atomic E-state index is 12.6. The summed E-state index contributed by atoms with van der Waals surface area (Å²) in [5.41, 5.74) is 0.184.